The van der Waals surface area contributed by atoms with Crippen molar-refractivity contribution in [3.8, 4) is 0 Å². The molecule has 5 aliphatic heterocycles. The molecule has 0 aromatic heterocycles. The molecular formula is C32H56Fe2N8. The molecule has 4 aliphatic carbocycles. The smallest absolute Gasteiger partial charge is 0.0628 e. The van der Waals surface area contributed by atoms with Crippen LogP contribution in [0.15, 0.2) is 0 Å². The van der Waals surface area contributed by atoms with E-state index in [0.29, 0.717) is 49.3 Å². The van der Waals surface area contributed by atoms with Crippen LogP contribution in [-0.4, -0.2) is 49.3 Å². The predicted molar refractivity (Wildman–Crippen MR) is 157 cm³/mol. The van der Waals surface area contributed by atoms with Gasteiger partial charge in [0, 0.05) is 34.1 Å². The minimum Gasteiger partial charge on any atom is -0.286 e. The van der Waals surface area contributed by atoms with Crippen LogP contribution in [0.5, 0.6) is 0 Å². The fourth-order valence-electron chi connectivity index (χ4n) is 12.0. The molecule has 8 N–H and O–H groups in total. The first-order valence-electron chi connectivity index (χ1n) is 17.9. The average Bonchev–Trinajstić information content (AvgIpc) is 3.73. The molecule has 8 nitrogen and oxygen atoms in total. The van der Waals surface area contributed by atoms with Crippen LogP contribution in [0.25, 0.3) is 0 Å². The Bertz CT molecular complexity index is 721. The maximum absolute atomic E-state index is 4.26. The summed E-state index contributed by atoms with van der Waals surface area (Å²) in [6, 6.07) is 0. The van der Waals surface area contributed by atoms with Gasteiger partial charge in [-0.15, -0.1) is 0 Å². The molecule has 0 aromatic rings. The van der Waals surface area contributed by atoms with E-state index in [1.807, 2.05) is 0 Å². The average molecular weight is 665 g/mol. The second kappa shape index (κ2) is 13.1. The zero-order valence-electron chi connectivity index (χ0n) is 25.3. The zero-order valence-corrected chi connectivity index (χ0v) is 27.5. The summed E-state index contributed by atoms with van der Waals surface area (Å²) < 4.78 is 0. The van der Waals surface area contributed by atoms with Gasteiger partial charge in [-0.3, -0.25) is 42.5 Å². The molecule has 0 aromatic carbocycles. The summed E-state index contributed by atoms with van der Waals surface area (Å²) in [4.78, 5) is 0. The van der Waals surface area contributed by atoms with Gasteiger partial charge in [-0.2, -0.15) is 0 Å². The first kappa shape index (κ1) is 31.3. The van der Waals surface area contributed by atoms with Crippen LogP contribution < -0.4 is 42.5 Å². The van der Waals surface area contributed by atoms with Gasteiger partial charge in [0.25, 0.3) is 0 Å². The first-order chi connectivity index (χ1) is 19.8. The second-order valence-corrected chi connectivity index (χ2v) is 15.6. The van der Waals surface area contributed by atoms with E-state index in [-0.39, 0.29) is 34.1 Å². The van der Waals surface area contributed by atoms with Crippen molar-refractivity contribution in [2.24, 2.45) is 47.3 Å². The SMILES string of the molecule is C1CCC2C3NC(NC4NC(NC5NC(NC6NC(N3)C3CCCCC63)C3CCCCC53)C3CCCCC43)C2C1.[Fe].[Fe]. The molecule has 4 saturated carbocycles. The maximum atomic E-state index is 4.26. The van der Waals surface area contributed by atoms with E-state index in [1.54, 1.807) is 0 Å². The fourth-order valence-corrected chi connectivity index (χ4v) is 12.0. The maximum Gasteiger partial charge on any atom is 0.0628 e. The minimum absolute atomic E-state index is 0. The summed E-state index contributed by atoms with van der Waals surface area (Å²) in [7, 11) is 0. The number of rotatable bonds is 0. The van der Waals surface area contributed by atoms with E-state index in [0.717, 1.165) is 47.3 Å². The van der Waals surface area contributed by atoms with Crippen LogP contribution in [0, 0.1) is 47.3 Å². The zero-order chi connectivity index (χ0) is 26.2. The van der Waals surface area contributed by atoms with Crippen molar-refractivity contribution >= 4 is 0 Å². The molecule has 9 fully saturated rings. The van der Waals surface area contributed by atoms with E-state index in [2.05, 4.69) is 42.5 Å². The monoisotopic (exact) mass is 664 g/mol. The van der Waals surface area contributed by atoms with Crippen molar-refractivity contribution in [3.63, 3.8) is 0 Å². The Kier molecular flexibility index (Phi) is 9.76. The standard InChI is InChI=1S/C32H56N8.2Fe/c1-2-10-18-17(9-1)25-33-26(18)38-28-21-13-5-6-14-22(21)30(35-28)40-32-24-16-8-7-15-23(24)31(36-32)39-29-20-12-4-3-11-19(20)27(34-29)37-25;;/h17-40H,1-16H2;;. The molecule has 8 unspecified atom stereocenters. The molecule has 8 bridgehead atoms. The van der Waals surface area contributed by atoms with Gasteiger partial charge in [0.2, 0.25) is 0 Å². The Morgan fingerprint density at radius 3 is 0.452 bits per heavy atom. The van der Waals surface area contributed by atoms with Gasteiger partial charge in [-0.25, -0.2) is 0 Å². The predicted octanol–water partition coefficient (Wildman–Crippen LogP) is 2.60. The largest absolute Gasteiger partial charge is 0.286 e. The summed E-state index contributed by atoms with van der Waals surface area (Å²) in [6.45, 7) is 0. The second-order valence-electron chi connectivity index (χ2n) is 15.6. The summed E-state index contributed by atoms with van der Waals surface area (Å²) in [5, 5.41) is 33.8. The molecule has 42 heavy (non-hydrogen) atoms. The first-order valence-corrected chi connectivity index (χ1v) is 17.9. The molecule has 5 saturated heterocycles. The van der Waals surface area contributed by atoms with Gasteiger partial charge in [0.1, 0.15) is 0 Å². The van der Waals surface area contributed by atoms with E-state index >= 15 is 0 Å². The van der Waals surface area contributed by atoms with Gasteiger partial charge in [0.05, 0.1) is 49.3 Å². The van der Waals surface area contributed by atoms with Crippen LogP contribution in [-0.2, 0) is 34.1 Å². The van der Waals surface area contributed by atoms with E-state index in [1.165, 1.54) is 103 Å². The van der Waals surface area contributed by atoms with Crippen LogP contribution in [0.2, 0.25) is 0 Å². The van der Waals surface area contributed by atoms with Crippen LogP contribution in [0.4, 0.5) is 0 Å². The van der Waals surface area contributed by atoms with Gasteiger partial charge in [-0.1, -0.05) is 51.4 Å². The number of hydrogen-bond acceptors (Lipinski definition) is 8. The van der Waals surface area contributed by atoms with Gasteiger partial charge in [-0.05, 0) is 98.7 Å². The molecule has 240 valence electrons. The topological polar surface area (TPSA) is 96.2 Å². The Balaban J connectivity index is 0.00000144. The van der Waals surface area contributed by atoms with Crippen LogP contribution >= 0.6 is 0 Å². The van der Waals surface area contributed by atoms with Gasteiger partial charge < -0.3 is 0 Å². The molecule has 9 rings (SSSR count). The number of nitrogens with one attached hydrogen (secondary N) is 8. The summed E-state index contributed by atoms with van der Waals surface area (Å²) in [5.74, 6) is 5.97. The third-order valence-electron chi connectivity index (χ3n) is 13.8. The quantitative estimate of drug-likeness (QED) is 0.188. The van der Waals surface area contributed by atoms with Crippen LogP contribution in [0.1, 0.15) is 103 Å². The van der Waals surface area contributed by atoms with E-state index in [9.17, 15) is 0 Å². The Morgan fingerprint density at radius 1 is 0.214 bits per heavy atom. The van der Waals surface area contributed by atoms with Crippen LogP contribution in [0.3, 0.4) is 0 Å². The van der Waals surface area contributed by atoms with Crippen molar-refractivity contribution in [1.29, 1.82) is 0 Å². The summed E-state index contributed by atoms with van der Waals surface area (Å²) >= 11 is 0. The molecular weight excluding hydrogens is 608 g/mol. The molecule has 5 heterocycles. The van der Waals surface area contributed by atoms with Crippen molar-refractivity contribution in [1.82, 2.24) is 42.5 Å². The van der Waals surface area contributed by atoms with E-state index < -0.39 is 0 Å². The third-order valence-corrected chi connectivity index (χ3v) is 13.8. The summed E-state index contributed by atoms with van der Waals surface area (Å²) in [5.41, 5.74) is 0. The Labute approximate surface area is 275 Å². The van der Waals surface area contributed by atoms with Gasteiger partial charge in [0.15, 0.2) is 0 Å². The van der Waals surface area contributed by atoms with Crippen molar-refractivity contribution < 1.29 is 34.1 Å². The van der Waals surface area contributed by atoms with Crippen molar-refractivity contribution in [2.45, 2.75) is 152 Å². The molecule has 10 heteroatoms. The van der Waals surface area contributed by atoms with E-state index in [4.69, 9.17) is 0 Å². The Morgan fingerprint density at radius 2 is 0.333 bits per heavy atom. The normalized spacial score (nSPS) is 54.9. The van der Waals surface area contributed by atoms with Gasteiger partial charge >= 0.3 is 0 Å². The molecule has 9 aliphatic rings. The summed E-state index contributed by atoms with van der Waals surface area (Å²) in [6.07, 6.45) is 25.6. The fraction of sp³-hybridized carbons (Fsp3) is 1.00. The third kappa shape index (κ3) is 5.43. The molecule has 0 amide bonds. The molecule has 0 spiro atoms. The molecule has 0 radical (unpaired) electrons. The number of hydrogen-bond donors (Lipinski definition) is 8. The molecule has 8 atom stereocenters. The van der Waals surface area contributed by atoms with Crippen molar-refractivity contribution in [2.75, 3.05) is 0 Å². The number of fused-ring (bicyclic) bond motifs is 20. The minimum atomic E-state index is 0. The van der Waals surface area contributed by atoms with Crippen molar-refractivity contribution in [3.05, 3.63) is 0 Å². The Hall–Kier alpha value is 0.719.